The van der Waals surface area contributed by atoms with E-state index < -0.39 is 17.6 Å². The van der Waals surface area contributed by atoms with Crippen molar-refractivity contribution in [2.24, 2.45) is 5.73 Å². The van der Waals surface area contributed by atoms with Gasteiger partial charge in [-0.2, -0.15) is 0 Å². The van der Waals surface area contributed by atoms with Crippen molar-refractivity contribution < 1.29 is 13.9 Å². The summed E-state index contributed by atoms with van der Waals surface area (Å²) in [7, 11) is 0. The lowest BCUT2D eigenvalue weighted by atomic mass is 10.0. The van der Waals surface area contributed by atoms with Crippen molar-refractivity contribution in [1.82, 2.24) is 4.98 Å². The van der Waals surface area contributed by atoms with E-state index in [1.807, 2.05) is 0 Å². The topological polar surface area (TPSA) is 68.1 Å². The van der Waals surface area contributed by atoms with Crippen LogP contribution >= 0.6 is 0 Å². The number of carbonyl (C=O) groups is 1. The Balaban J connectivity index is 2.18. The molecule has 4 nitrogen and oxygen atoms in total. The Bertz CT molecular complexity index is 628. The first kappa shape index (κ1) is 14.5. The van der Waals surface area contributed by atoms with Gasteiger partial charge in [0.15, 0.2) is 0 Å². The zero-order chi connectivity index (χ0) is 14.9. The predicted molar refractivity (Wildman–Crippen MR) is 75.8 cm³/mol. The maximum Gasteiger partial charge on any atom is 0.323 e. The fraction of sp³-hybridized carbons (Fsp3) is 0.400. The minimum absolute atomic E-state index is 0.232. The number of rotatable bonds is 3. The van der Waals surface area contributed by atoms with Crippen molar-refractivity contribution in [3.8, 4) is 0 Å². The number of hydrogen-bond acceptors (Lipinski definition) is 3. The molecular formula is C15H19FN2O2. The summed E-state index contributed by atoms with van der Waals surface area (Å²) in [6.07, 6.45) is 1.91. The highest BCUT2D eigenvalue weighted by atomic mass is 19.1. The molecule has 0 aliphatic heterocycles. The molecule has 108 valence electrons. The van der Waals surface area contributed by atoms with Gasteiger partial charge in [0.1, 0.15) is 17.5 Å². The van der Waals surface area contributed by atoms with Gasteiger partial charge in [-0.05, 0) is 38.5 Å². The average molecular weight is 278 g/mol. The molecule has 1 unspecified atom stereocenters. The average Bonchev–Trinajstić information content (AvgIpc) is 2.71. The lowest BCUT2D eigenvalue weighted by Crippen LogP contribution is -2.38. The number of fused-ring (bicyclic) bond motifs is 1. The van der Waals surface area contributed by atoms with Gasteiger partial charge >= 0.3 is 5.97 Å². The molecule has 0 amide bonds. The number of aromatic amines is 1. The summed E-state index contributed by atoms with van der Waals surface area (Å²) in [4.78, 5) is 14.8. The van der Waals surface area contributed by atoms with Crippen molar-refractivity contribution in [3.05, 3.63) is 35.8 Å². The van der Waals surface area contributed by atoms with E-state index in [0.29, 0.717) is 16.5 Å². The number of benzene rings is 1. The first-order valence-corrected chi connectivity index (χ1v) is 6.51. The summed E-state index contributed by atoms with van der Waals surface area (Å²) >= 11 is 0. The van der Waals surface area contributed by atoms with E-state index >= 15 is 0 Å². The molecule has 0 fully saturated rings. The van der Waals surface area contributed by atoms with Gasteiger partial charge in [-0.3, -0.25) is 4.79 Å². The van der Waals surface area contributed by atoms with E-state index in [0.717, 1.165) is 0 Å². The second kappa shape index (κ2) is 5.25. The highest BCUT2D eigenvalue weighted by molar-refractivity contribution is 5.85. The Morgan fingerprint density at radius 3 is 2.80 bits per heavy atom. The SMILES string of the molecule is CC(C)(C)OC(=O)C(N)Cc1c[nH]c2cccc(F)c12. The number of ether oxygens (including phenoxy) is 1. The normalized spacial score (nSPS) is 13.4. The smallest absolute Gasteiger partial charge is 0.323 e. The minimum Gasteiger partial charge on any atom is -0.459 e. The molecule has 20 heavy (non-hydrogen) atoms. The third-order valence-electron chi connectivity index (χ3n) is 2.89. The summed E-state index contributed by atoms with van der Waals surface area (Å²) in [5, 5.41) is 0.478. The molecule has 3 N–H and O–H groups in total. The van der Waals surface area contributed by atoms with Crippen molar-refractivity contribution in [2.45, 2.75) is 38.8 Å². The van der Waals surface area contributed by atoms with E-state index in [9.17, 15) is 9.18 Å². The highest BCUT2D eigenvalue weighted by Crippen LogP contribution is 2.22. The Morgan fingerprint density at radius 1 is 1.45 bits per heavy atom. The Kier molecular flexibility index (Phi) is 3.81. The molecule has 0 aliphatic carbocycles. The molecule has 0 radical (unpaired) electrons. The number of hydrogen-bond donors (Lipinski definition) is 2. The zero-order valence-electron chi connectivity index (χ0n) is 11.9. The van der Waals surface area contributed by atoms with Crippen LogP contribution in [0.15, 0.2) is 24.4 Å². The van der Waals surface area contributed by atoms with Crippen LogP contribution in [0.1, 0.15) is 26.3 Å². The van der Waals surface area contributed by atoms with E-state index in [-0.39, 0.29) is 12.2 Å². The molecule has 0 aliphatic rings. The fourth-order valence-electron chi connectivity index (χ4n) is 2.07. The lowest BCUT2D eigenvalue weighted by molar-refractivity contribution is -0.156. The molecule has 2 aromatic rings. The van der Waals surface area contributed by atoms with E-state index in [4.69, 9.17) is 10.5 Å². The molecule has 1 aromatic carbocycles. The lowest BCUT2D eigenvalue weighted by Gasteiger charge is -2.22. The van der Waals surface area contributed by atoms with Crippen LogP contribution < -0.4 is 5.73 Å². The Labute approximate surface area is 117 Å². The van der Waals surface area contributed by atoms with Crippen LogP contribution in [-0.2, 0) is 16.0 Å². The number of H-pyrrole nitrogens is 1. The van der Waals surface area contributed by atoms with Gasteiger partial charge in [0, 0.05) is 23.5 Å². The van der Waals surface area contributed by atoms with E-state index in [1.165, 1.54) is 6.07 Å². The largest absolute Gasteiger partial charge is 0.459 e. The van der Waals surface area contributed by atoms with Crippen molar-refractivity contribution in [3.63, 3.8) is 0 Å². The van der Waals surface area contributed by atoms with Gasteiger partial charge < -0.3 is 15.5 Å². The van der Waals surface area contributed by atoms with Gasteiger partial charge in [0.2, 0.25) is 0 Å². The van der Waals surface area contributed by atoms with Crippen LogP contribution in [0.3, 0.4) is 0 Å². The standard InChI is InChI=1S/C15H19FN2O2/c1-15(2,3)20-14(19)11(17)7-9-8-18-12-6-4-5-10(16)13(9)12/h4-6,8,11,18H,7,17H2,1-3H3. The Morgan fingerprint density at radius 2 is 2.15 bits per heavy atom. The molecule has 0 spiro atoms. The van der Waals surface area contributed by atoms with Gasteiger partial charge in [0.05, 0.1) is 0 Å². The molecule has 1 atom stereocenters. The van der Waals surface area contributed by atoms with Crippen LogP contribution in [-0.4, -0.2) is 22.6 Å². The molecule has 1 heterocycles. The highest BCUT2D eigenvalue weighted by Gasteiger charge is 2.23. The van der Waals surface area contributed by atoms with Crippen LogP contribution in [0.25, 0.3) is 10.9 Å². The number of nitrogens with two attached hydrogens (primary N) is 1. The molecule has 5 heteroatoms. The van der Waals surface area contributed by atoms with E-state index in [1.54, 1.807) is 39.1 Å². The molecule has 1 aromatic heterocycles. The summed E-state index contributed by atoms with van der Waals surface area (Å²) in [5.41, 5.74) is 6.63. The van der Waals surface area contributed by atoms with Crippen LogP contribution in [0, 0.1) is 5.82 Å². The van der Waals surface area contributed by atoms with Crippen LogP contribution in [0.2, 0.25) is 0 Å². The number of carbonyl (C=O) groups excluding carboxylic acids is 1. The second-order valence-electron chi connectivity index (χ2n) is 5.82. The number of aromatic nitrogens is 1. The van der Waals surface area contributed by atoms with Crippen LogP contribution in [0.5, 0.6) is 0 Å². The summed E-state index contributed by atoms with van der Waals surface area (Å²) in [5.74, 6) is -0.807. The summed E-state index contributed by atoms with van der Waals surface area (Å²) < 4.78 is 19.0. The Hall–Kier alpha value is -1.88. The first-order chi connectivity index (χ1) is 9.28. The first-order valence-electron chi connectivity index (χ1n) is 6.51. The van der Waals surface area contributed by atoms with Gasteiger partial charge in [-0.1, -0.05) is 6.07 Å². The molecular weight excluding hydrogens is 259 g/mol. The molecule has 2 rings (SSSR count). The number of halogens is 1. The third-order valence-corrected chi connectivity index (χ3v) is 2.89. The predicted octanol–water partition coefficient (Wildman–Crippen LogP) is 2.52. The quantitative estimate of drug-likeness (QED) is 0.848. The molecule has 0 saturated heterocycles. The minimum atomic E-state index is -0.812. The van der Waals surface area contributed by atoms with Gasteiger partial charge in [-0.15, -0.1) is 0 Å². The van der Waals surface area contributed by atoms with Crippen molar-refractivity contribution in [1.29, 1.82) is 0 Å². The maximum atomic E-state index is 13.8. The maximum absolute atomic E-state index is 13.8. The molecule has 0 bridgehead atoms. The zero-order valence-corrected chi connectivity index (χ0v) is 11.9. The van der Waals surface area contributed by atoms with Crippen molar-refractivity contribution in [2.75, 3.05) is 0 Å². The van der Waals surface area contributed by atoms with Gasteiger partial charge in [0.25, 0.3) is 0 Å². The summed E-state index contributed by atoms with van der Waals surface area (Å²) in [6, 6.07) is 3.98. The number of esters is 1. The van der Waals surface area contributed by atoms with Crippen molar-refractivity contribution >= 4 is 16.9 Å². The molecule has 0 saturated carbocycles. The second-order valence-corrected chi connectivity index (χ2v) is 5.82. The third kappa shape index (κ3) is 3.17. The van der Waals surface area contributed by atoms with Gasteiger partial charge in [-0.25, -0.2) is 4.39 Å². The summed E-state index contributed by atoms with van der Waals surface area (Å²) in [6.45, 7) is 5.34. The fourth-order valence-corrected chi connectivity index (χ4v) is 2.07. The number of nitrogens with one attached hydrogen (secondary N) is 1. The van der Waals surface area contributed by atoms with E-state index in [2.05, 4.69) is 4.98 Å². The monoisotopic (exact) mass is 278 g/mol. The van der Waals surface area contributed by atoms with Crippen LogP contribution in [0.4, 0.5) is 4.39 Å².